The molecule has 0 aliphatic heterocycles. The second-order valence-corrected chi connectivity index (χ2v) is 6.67. The van der Waals surface area contributed by atoms with E-state index in [2.05, 4.69) is 15.2 Å². The quantitative estimate of drug-likeness (QED) is 0.843. The van der Waals surface area contributed by atoms with Crippen LogP contribution in [0.2, 0.25) is 0 Å². The van der Waals surface area contributed by atoms with Gasteiger partial charge in [0, 0.05) is 13.6 Å². The fraction of sp³-hybridized carbons (Fsp3) is 0.533. The summed E-state index contributed by atoms with van der Waals surface area (Å²) >= 11 is 1.29. The van der Waals surface area contributed by atoms with E-state index in [4.69, 9.17) is 0 Å². The summed E-state index contributed by atoms with van der Waals surface area (Å²) in [5.74, 6) is 0.524. The van der Waals surface area contributed by atoms with Crippen molar-refractivity contribution in [2.45, 2.75) is 20.3 Å². The Kier molecular flexibility index (Phi) is 4.97. The molecule has 0 saturated heterocycles. The smallest absolute Gasteiger partial charge is 0.262 e. The van der Waals surface area contributed by atoms with Crippen molar-refractivity contribution >= 4 is 27.5 Å². The van der Waals surface area contributed by atoms with Crippen molar-refractivity contribution in [1.29, 1.82) is 0 Å². The molecule has 120 valence electrons. The summed E-state index contributed by atoms with van der Waals surface area (Å²) in [6.45, 7) is 5.14. The van der Waals surface area contributed by atoms with Gasteiger partial charge in [-0.25, -0.2) is 4.98 Å². The molecule has 0 fully saturated rings. The average molecular weight is 322 g/mol. The van der Waals surface area contributed by atoms with Gasteiger partial charge in [-0.2, -0.15) is 0 Å². The van der Waals surface area contributed by atoms with Crippen molar-refractivity contribution in [3.63, 3.8) is 0 Å². The first kappa shape index (κ1) is 16.6. The Labute approximate surface area is 133 Å². The van der Waals surface area contributed by atoms with E-state index in [1.54, 1.807) is 14.0 Å². The zero-order chi connectivity index (χ0) is 16.4. The van der Waals surface area contributed by atoms with Crippen molar-refractivity contribution in [2.75, 3.05) is 27.2 Å². The van der Waals surface area contributed by atoms with Gasteiger partial charge in [-0.05, 0) is 46.5 Å². The number of aryl methyl sites for hydroxylation is 2. The monoisotopic (exact) mass is 322 g/mol. The minimum absolute atomic E-state index is 0.0945. The van der Waals surface area contributed by atoms with Gasteiger partial charge in [-0.1, -0.05) is 0 Å². The van der Waals surface area contributed by atoms with Gasteiger partial charge in [0.25, 0.3) is 11.5 Å². The summed E-state index contributed by atoms with van der Waals surface area (Å²) in [5.41, 5.74) is 0.626. The molecule has 0 radical (unpaired) electrons. The summed E-state index contributed by atoms with van der Waals surface area (Å²) in [6, 6.07) is 0. The number of carbonyl (C=O) groups excluding carboxylic acids is 1. The van der Waals surface area contributed by atoms with Crippen LogP contribution in [0.3, 0.4) is 0 Å². The molecule has 0 aliphatic rings. The van der Waals surface area contributed by atoms with E-state index in [0.29, 0.717) is 27.5 Å². The number of rotatable bonds is 5. The molecule has 2 aromatic rings. The first-order valence-corrected chi connectivity index (χ1v) is 8.04. The highest BCUT2D eigenvalue weighted by Crippen LogP contribution is 2.27. The molecule has 1 amide bonds. The van der Waals surface area contributed by atoms with E-state index in [9.17, 15) is 9.59 Å². The van der Waals surface area contributed by atoms with E-state index in [1.807, 2.05) is 21.0 Å². The number of hydrogen-bond acceptors (Lipinski definition) is 5. The van der Waals surface area contributed by atoms with Gasteiger partial charge < -0.3 is 10.2 Å². The van der Waals surface area contributed by atoms with Crippen LogP contribution in [0.25, 0.3) is 10.2 Å². The number of nitrogens with zero attached hydrogens (tertiary/aromatic N) is 3. The number of carbonyl (C=O) groups is 1. The molecule has 6 nitrogen and oxygen atoms in total. The third-order valence-electron chi connectivity index (χ3n) is 3.67. The van der Waals surface area contributed by atoms with Crippen LogP contribution in [0, 0.1) is 13.8 Å². The van der Waals surface area contributed by atoms with Gasteiger partial charge in [0.15, 0.2) is 0 Å². The SMILES string of the molecule is Cc1c(C(=O)NCCCN(C)C)sc2nc(C)n(C)c(=O)c12. The number of amides is 1. The Morgan fingerprint density at radius 2 is 2.05 bits per heavy atom. The molecule has 7 heteroatoms. The molecular formula is C15H22N4O2S. The predicted octanol–water partition coefficient (Wildman–Crippen LogP) is 1.29. The van der Waals surface area contributed by atoms with Gasteiger partial charge >= 0.3 is 0 Å². The molecule has 22 heavy (non-hydrogen) atoms. The van der Waals surface area contributed by atoms with Crippen molar-refractivity contribution in [2.24, 2.45) is 7.05 Å². The van der Waals surface area contributed by atoms with Gasteiger partial charge in [-0.3, -0.25) is 14.2 Å². The summed E-state index contributed by atoms with van der Waals surface area (Å²) in [5, 5.41) is 3.47. The molecule has 0 saturated carbocycles. The Morgan fingerprint density at radius 3 is 2.68 bits per heavy atom. The van der Waals surface area contributed by atoms with Crippen LogP contribution < -0.4 is 10.9 Å². The molecule has 0 bridgehead atoms. The summed E-state index contributed by atoms with van der Waals surface area (Å²) in [6.07, 6.45) is 0.891. The maximum atomic E-state index is 12.3. The van der Waals surface area contributed by atoms with Gasteiger partial charge in [-0.15, -0.1) is 11.3 Å². The Morgan fingerprint density at radius 1 is 1.36 bits per heavy atom. The molecule has 0 aliphatic carbocycles. The fourth-order valence-electron chi connectivity index (χ4n) is 2.26. The van der Waals surface area contributed by atoms with Crippen molar-refractivity contribution < 1.29 is 4.79 Å². The van der Waals surface area contributed by atoms with Crippen LogP contribution in [0.1, 0.15) is 27.5 Å². The maximum absolute atomic E-state index is 12.3. The summed E-state index contributed by atoms with van der Waals surface area (Å²) in [7, 11) is 5.70. The topological polar surface area (TPSA) is 67.2 Å². The van der Waals surface area contributed by atoms with E-state index < -0.39 is 0 Å². The fourth-order valence-corrected chi connectivity index (χ4v) is 3.39. The molecule has 2 aromatic heterocycles. The van der Waals surface area contributed by atoms with Crippen LogP contribution >= 0.6 is 11.3 Å². The Bertz CT molecular complexity index is 761. The second-order valence-electron chi connectivity index (χ2n) is 5.67. The zero-order valence-corrected chi connectivity index (χ0v) is 14.5. The highest BCUT2D eigenvalue weighted by atomic mass is 32.1. The highest BCUT2D eigenvalue weighted by molar-refractivity contribution is 7.20. The molecule has 0 aromatic carbocycles. The van der Waals surface area contributed by atoms with Crippen LogP contribution in [0.5, 0.6) is 0 Å². The highest BCUT2D eigenvalue weighted by Gasteiger charge is 2.19. The van der Waals surface area contributed by atoms with E-state index in [0.717, 1.165) is 18.5 Å². The average Bonchev–Trinajstić information content (AvgIpc) is 2.77. The van der Waals surface area contributed by atoms with Crippen LogP contribution in [0.4, 0.5) is 0 Å². The standard InChI is InChI=1S/C15H22N4O2S/c1-9-11-14(17-10(2)19(5)15(11)21)22-12(9)13(20)16-7-6-8-18(3)4/h6-8H2,1-5H3,(H,16,20). The van der Waals surface area contributed by atoms with E-state index >= 15 is 0 Å². The lowest BCUT2D eigenvalue weighted by Gasteiger charge is -2.09. The lowest BCUT2D eigenvalue weighted by Crippen LogP contribution is -2.27. The predicted molar refractivity (Wildman–Crippen MR) is 89.8 cm³/mol. The molecule has 0 spiro atoms. The lowest BCUT2D eigenvalue weighted by atomic mass is 10.2. The van der Waals surface area contributed by atoms with Gasteiger partial charge in [0.1, 0.15) is 10.7 Å². The maximum Gasteiger partial charge on any atom is 0.262 e. The number of hydrogen-bond donors (Lipinski definition) is 1. The number of fused-ring (bicyclic) bond motifs is 1. The molecular weight excluding hydrogens is 300 g/mol. The van der Waals surface area contributed by atoms with Gasteiger partial charge in [0.05, 0.1) is 10.3 Å². The second kappa shape index (κ2) is 6.58. The number of nitrogens with one attached hydrogen (secondary N) is 1. The third kappa shape index (κ3) is 3.20. The largest absolute Gasteiger partial charge is 0.351 e. The van der Waals surface area contributed by atoms with E-state index in [-0.39, 0.29) is 11.5 Å². The van der Waals surface area contributed by atoms with Crippen LogP contribution in [-0.4, -0.2) is 47.5 Å². The molecule has 1 N–H and O–H groups in total. The number of thiophene rings is 1. The summed E-state index contributed by atoms with van der Waals surface area (Å²) in [4.78, 5) is 32.3. The molecule has 0 atom stereocenters. The Hall–Kier alpha value is -1.73. The number of aromatic nitrogens is 2. The lowest BCUT2D eigenvalue weighted by molar-refractivity contribution is 0.0956. The van der Waals surface area contributed by atoms with E-state index in [1.165, 1.54) is 15.9 Å². The molecule has 2 heterocycles. The minimum Gasteiger partial charge on any atom is -0.351 e. The van der Waals surface area contributed by atoms with Crippen LogP contribution in [-0.2, 0) is 7.05 Å². The molecule has 0 unspecified atom stereocenters. The van der Waals surface area contributed by atoms with Crippen molar-refractivity contribution in [3.8, 4) is 0 Å². The van der Waals surface area contributed by atoms with Gasteiger partial charge in [0.2, 0.25) is 0 Å². The van der Waals surface area contributed by atoms with Crippen LogP contribution in [0.15, 0.2) is 4.79 Å². The first-order valence-electron chi connectivity index (χ1n) is 7.22. The Balaban J connectivity index is 2.25. The minimum atomic E-state index is -0.126. The van der Waals surface area contributed by atoms with Crippen molar-refractivity contribution in [1.82, 2.24) is 19.8 Å². The third-order valence-corrected chi connectivity index (χ3v) is 4.85. The molecule has 2 rings (SSSR count). The van der Waals surface area contributed by atoms with Crippen molar-refractivity contribution in [3.05, 3.63) is 26.6 Å². The first-order chi connectivity index (χ1) is 10.3. The normalized spacial score (nSPS) is 11.4. The summed E-state index contributed by atoms with van der Waals surface area (Å²) < 4.78 is 1.51. The zero-order valence-electron chi connectivity index (χ0n) is 13.7.